The van der Waals surface area contributed by atoms with E-state index in [9.17, 15) is 14.7 Å². The van der Waals surface area contributed by atoms with Crippen LogP contribution in [0.4, 0.5) is 4.79 Å². The minimum Gasteiger partial charge on any atom is -0.467 e. The molecule has 3 N–H and O–H groups in total. The van der Waals surface area contributed by atoms with E-state index in [1.54, 1.807) is 0 Å². The molecule has 1 rings (SSSR count). The highest BCUT2D eigenvalue weighted by Gasteiger charge is 2.47. The third-order valence-corrected chi connectivity index (χ3v) is 2.13. The van der Waals surface area contributed by atoms with Crippen LogP contribution in [0, 0.1) is 0 Å². The Bertz CT molecular complexity index is 255. The summed E-state index contributed by atoms with van der Waals surface area (Å²) in [5.74, 6) is -0.878. The first-order chi connectivity index (χ1) is 6.49. The number of β-amino-alcohol motifs (C(OH)–C–C–N with tert-alkyl or cyclic N) is 1. The number of nitrogens with zero attached hydrogens (tertiary/aromatic N) is 1. The van der Waals surface area contributed by atoms with Crippen LogP contribution in [0.3, 0.4) is 0 Å². The fourth-order valence-electron chi connectivity index (χ4n) is 1.40. The maximum absolute atomic E-state index is 11.1. The molecule has 7 nitrogen and oxygen atoms in total. The molecular formula is C7H11NO6. The van der Waals surface area contributed by atoms with Crippen LogP contribution in [-0.4, -0.2) is 64.2 Å². The van der Waals surface area contributed by atoms with Crippen LogP contribution in [0.25, 0.3) is 0 Å². The molecule has 0 bridgehead atoms. The molecule has 0 aromatic heterocycles. The molecule has 0 aromatic carbocycles. The van der Waals surface area contributed by atoms with E-state index in [2.05, 4.69) is 4.74 Å². The number of likely N-dealkylation sites (tertiary alicyclic amines) is 1. The summed E-state index contributed by atoms with van der Waals surface area (Å²) in [5, 5.41) is 27.2. The lowest BCUT2D eigenvalue weighted by atomic mass is 10.1. The van der Waals surface area contributed by atoms with Crippen LogP contribution in [0.1, 0.15) is 0 Å². The van der Waals surface area contributed by atoms with Crippen molar-refractivity contribution in [2.24, 2.45) is 0 Å². The molecule has 1 aliphatic heterocycles. The molecule has 1 heterocycles. The van der Waals surface area contributed by atoms with E-state index in [1.807, 2.05) is 0 Å². The minimum absolute atomic E-state index is 0.295. The smallest absolute Gasteiger partial charge is 0.408 e. The number of aliphatic hydroxyl groups is 2. The summed E-state index contributed by atoms with van der Waals surface area (Å²) < 4.78 is 4.32. The van der Waals surface area contributed by atoms with Crippen molar-refractivity contribution in [3.63, 3.8) is 0 Å². The van der Waals surface area contributed by atoms with Crippen molar-refractivity contribution in [1.29, 1.82) is 0 Å². The number of methoxy groups -OCH3 is 1. The van der Waals surface area contributed by atoms with Gasteiger partial charge < -0.3 is 20.1 Å². The highest BCUT2D eigenvalue weighted by Crippen LogP contribution is 2.19. The molecule has 0 saturated carbocycles. The van der Waals surface area contributed by atoms with Crippen LogP contribution in [-0.2, 0) is 9.53 Å². The van der Waals surface area contributed by atoms with E-state index in [0.717, 1.165) is 7.11 Å². The second-order valence-corrected chi connectivity index (χ2v) is 2.96. The molecule has 80 valence electrons. The number of carbonyl (C=O) groups excluding carboxylic acids is 1. The number of hydrogen-bond acceptors (Lipinski definition) is 5. The molecule has 0 radical (unpaired) electrons. The predicted octanol–water partition coefficient (Wildman–Crippen LogP) is -1.76. The maximum Gasteiger partial charge on any atom is 0.408 e. The van der Waals surface area contributed by atoms with E-state index < -0.39 is 30.3 Å². The monoisotopic (exact) mass is 205 g/mol. The Morgan fingerprint density at radius 1 is 1.43 bits per heavy atom. The van der Waals surface area contributed by atoms with Gasteiger partial charge in [0.1, 0.15) is 12.2 Å². The zero-order chi connectivity index (χ0) is 10.9. The lowest BCUT2D eigenvalue weighted by Crippen LogP contribution is -2.45. The fraction of sp³-hybridized carbons (Fsp3) is 0.714. The molecule has 0 aliphatic carbocycles. The fourth-order valence-corrected chi connectivity index (χ4v) is 1.40. The first-order valence-electron chi connectivity index (χ1n) is 3.92. The van der Waals surface area contributed by atoms with Crippen molar-refractivity contribution in [2.45, 2.75) is 18.2 Å². The molecule has 7 heteroatoms. The van der Waals surface area contributed by atoms with Crippen molar-refractivity contribution in [1.82, 2.24) is 4.90 Å². The topological polar surface area (TPSA) is 107 Å². The standard InChI is InChI=1S/C7H11NO6/c1-14-6(11)4-5(10)3(9)2-8(4)7(12)13/h3-5,9-10H,2H2,1H3,(H,12,13). The van der Waals surface area contributed by atoms with Crippen molar-refractivity contribution < 1.29 is 29.6 Å². The normalized spacial score (nSPS) is 31.6. The van der Waals surface area contributed by atoms with Crippen LogP contribution < -0.4 is 0 Å². The number of carbonyl (C=O) groups is 2. The summed E-state index contributed by atoms with van der Waals surface area (Å²) in [5.41, 5.74) is 0. The highest BCUT2D eigenvalue weighted by molar-refractivity contribution is 5.82. The van der Waals surface area contributed by atoms with Crippen LogP contribution >= 0.6 is 0 Å². The van der Waals surface area contributed by atoms with Gasteiger partial charge in [0, 0.05) is 0 Å². The molecule has 0 aromatic rings. The molecule has 1 saturated heterocycles. The molecule has 14 heavy (non-hydrogen) atoms. The van der Waals surface area contributed by atoms with Gasteiger partial charge in [0.15, 0.2) is 6.04 Å². The zero-order valence-electron chi connectivity index (χ0n) is 7.45. The van der Waals surface area contributed by atoms with Gasteiger partial charge in [0.25, 0.3) is 0 Å². The summed E-state index contributed by atoms with van der Waals surface area (Å²) in [6.07, 6.45) is -4.07. The van der Waals surface area contributed by atoms with E-state index >= 15 is 0 Å². The average molecular weight is 205 g/mol. The Labute approximate surface area is 79.5 Å². The number of hydrogen-bond donors (Lipinski definition) is 3. The Balaban J connectivity index is 2.86. The third kappa shape index (κ3) is 1.64. The van der Waals surface area contributed by atoms with Crippen molar-refractivity contribution in [3.05, 3.63) is 0 Å². The number of aliphatic hydroxyl groups excluding tert-OH is 2. The average Bonchev–Trinajstić information content (AvgIpc) is 2.43. The van der Waals surface area contributed by atoms with Crippen LogP contribution in [0.15, 0.2) is 0 Å². The van der Waals surface area contributed by atoms with Gasteiger partial charge in [-0.15, -0.1) is 0 Å². The molecule has 1 amide bonds. The van der Waals surface area contributed by atoms with E-state index in [4.69, 9.17) is 10.2 Å². The van der Waals surface area contributed by atoms with E-state index in [1.165, 1.54) is 0 Å². The summed E-state index contributed by atoms with van der Waals surface area (Å²) >= 11 is 0. The first-order valence-corrected chi connectivity index (χ1v) is 3.92. The predicted molar refractivity (Wildman–Crippen MR) is 42.5 cm³/mol. The molecule has 3 unspecified atom stereocenters. The first kappa shape index (κ1) is 10.7. The van der Waals surface area contributed by atoms with Crippen molar-refractivity contribution in [2.75, 3.05) is 13.7 Å². The Morgan fingerprint density at radius 3 is 2.43 bits per heavy atom. The lowest BCUT2D eigenvalue weighted by Gasteiger charge is -2.20. The van der Waals surface area contributed by atoms with Crippen molar-refractivity contribution in [3.8, 4) is 0 Å². The third-order valence-electron chi connectivity index (χ3n) is 2.13. The summed E-state index contributed by atoms with van der Waals surface area (Å²) in [6.45, 7) is -0.295. The Hall–Kier alpha value is -1.34. The van der Waals surface area contributed by atoms with Gasteiger partial charge in [0.05, 0.1) is 13.7 Å². The zero-order valence-corrected chi connectivity index (χ0v) is 7.45. The van der Waals surface area contributed by atoms with E-state index in [0.29, 0.717) is 4.90 Å². The molecule has 0 spiro atoms. The largest absolute Gasteiger partial charge is 0.467 e. The van der Waals surface area contributed by atoms with Gasteiger partial charge in [0.2, 0.25) is 0 Å². The number of amides is 1. The highest BCUT2D eigenvalue weighted by atomic mass is 16.5. The second-order valence-electron chi connectivity index (χ2n) is 2.96. The number of rotatable bonds is 1. The van der Waals surface area contributed by atoms with Crippen LogP contribution in [0.5, 0.6) is 0 Å². The summed E-state index contributed by atoms with van der Waals surface area (Å²) in [4.78, 5) is 22.4. The SMILES string of the molecule is COC(=O)C1C(O)C(O)CN1C(=O)O. The lowest BCUT2D eigenvalue weighted by molar-refractivity contribution is -0.148. The Morgan fingerprint density at radius 2 is 2.00 bits per heavy atom. The molecule has 1 aliphatic rings. The number of carboxylic acid groups (broad SMARTS) is 1. The van der Waals surface area contributed by atoms with Gasteiger partial charge in [-0.2, -0.15) is 0 Å². The molecule has 1 fully saturated rings. The van der Waals surface area contributed by atoms with Gasteiger partial charge in [-0.05, 0) is 0 Å². The van der Waals surface area contributed by atoms with Gasteiger partial charge in [-0.3, -0.25) is 4.90 Å². The molecule has 3 atom stereocenters. The number of ether oxygens (including phenoxy) is 1. The van der Waals surface area contributed by atoms with Gasteiger partial charge >= 0.3 is 12.1 Å². The van der Waals surface area contributed by atoms with Crippen LogP contribution in [0.2, 0.25) is 0 Å². The number of esters is 1. The van der Waals surface area contributed by atoms with E-state index in [-0.39, 0.29) is 6.54 Å². The van der Waals surface area contributed by atoms with Crippen molar-refractivity contribution >= 4 is 12.1 Å². The minimum atomic E-state index is -1.43. The quantitative estimate of drug-likeness (QED) is 0.438. The maximum atomic E-state index is 11.1. The second kappa shape index (κ2) is 3.81. The summed E-state index contributed by atoms with van der Waals surface area (Å²) in [7, 11) is 1.08. The summed E-state index contributed by atoms with van der Waals surface area (Å²) in [6, 6.07) is -1.34. The Kier molecular flexibility index (Phi) is 2.92. The molecular weight excluding hydrogens is 194 g/mol. The van der Waals surface area contributed by atoms with Gasteiger partial charge in [-0.1, -0.05) is 0 Å². The van der Waals surface area contributed by atoms with Gasteiger partial charge in [-0.25, -0.2) is 9.59 Å².